The molecule has 1 fully saturated rings. The van der Waals surface area contributed by atoms with Crippen molar-refractivity contribution < 1.29 is 18.8 Å². The van der Waals surface area contributed by atoms with Crippen LogP contribution in [0.3, 0.4) is 0 Å². The lowest BCUT2D eigenvalue weighted by Crippen LogP contribution is -3.08. The summed E-state index contributed by atoms with van der Waals surface area (Å²) in [6, 6.07) is 14.4. The van der Waals surface area contributed by atoms with Crippen LogP contribution in [-0.2, 0) is 17.9 Å². The zero-order chi connectivity index (χ0) is 17.5. The Morgan fingerprint density at radius 2 is 1.72 bits per heavy atom. The molecule has 1 heterocycles. The lowest BCUT2D eigenvalue weighted by atomic mass is 10.1. The van der Waals surface area contributed by atoms with Gasteiger partial charge in [0.15, 0.2) is 18.2 Å². The molecule has 0 radical (unpaired) electrons. The number of hydrogen-bond donors (Lipinski definition) is 2. The third-order valence-electron chi connectivity index (χ3n) is 4.47. The Hall–Kier alpha value is -2.40. The molecule has 0 spiro atoms. The van der Waals surface area contributed by atoms with Gasteiger partial charge in [0.1, 0.15) is 6.54 Å². The Morgan fingerprint density at radius 3 is 2.44 bits per heavy atom. The third kappa shape index (κ3) is 5.29. The van der Waals surface area contributed by atoms with Crippen LogP contribution in [0.2, 0.25) is 0 Å². The second kappa shape index (κ2) is 8.62. The van der Waals surface area contributed by atoms with Gasteiger partial charge in [-0.05, 0) is 17.7 Å². The Morgan fingerprint density at radius 1 is 1.04 bits per heavy atom. The lowest BCUT2D eigenvalue weighted by Gasteiger charge is -2.12. The highest BCUT2D eigenvalue weighted by Crippen LogP contribution is 2.14. The number of amides is 1. The molecular formula is C20H24FN2O2+. The van der Waals surface area contributed by atoms with Crippen molar-refractivity contribution in [3.63, 3.8) is 0 Å². The second-order valence-electron chi connectivity index (χ2n) is 6.45. The SMILES string of the molecule is O=C(COc1ccccc1F)NCc1ccc(C[NH+]2CCCC2)cc1. The number of hydrogen-bond acceptors (Lipinski definition) is 2. The molecule has 0 bridgehead atoms. The van der Waals surface area contributed by atoms with Crippen LogP contribution >= 0.6 is 0 Å². The average molecular weight is 343 g/mol. The van der Waals surface area contributed by atoms with Crippen molar-refractivity contribution >= 4 is 5.91 Å². The van der Waals surface area contributed by atoms with E-state index in [4.69, 9.17) is 4.74 Å². The van der Waals surface area contributed by atoms with Crippen molar-refractivity contribution in [2.24, 2.45) is 0 Å². The number of halogens is 1. The Balaban J connectivity index is 1.41. The van der Waals surface area contributed by atoms with Crippen molar-refractivity contribution in [1.29, 1.82) is 0 Å². The number of likely N-dealkylation sites (tertiary alicyclic amines) is 1. The van der Waals surface area contributed by atoms with E-state index >= 15 is 0 Å². The molecule has 2 aromatic carbocycles. The second-order valence-corrected chi connectivity index (χ2v) is 6.45. The molecule has 2 aromatic rings. The standard InChI is InChI=1S/C20H23FN2O2/c21-18-5-1-2-6-19(18)25-15-20(24)22-13-16-7-9-17(10-8-16)14-23-11-3-4-12-23/h1-2,5-10H,3-4,11-15H2,(H,22,24)/p+1. The normalized spacial score (nSPS) is 14.4. The van der Waals surface area contributed by atoms with Crippen LogP contribution in [0.5, 0.6) is 5.75 Å². The van der Waals surface area contributed by atoms with Crippen molar-refractivity contribution in [3.8, 4) is 5.75 Å². The molecule has 0 aromatic heterocycles. The number of carbonyl (C=O) groups is 1. The average Bonchev–Trinajstić information content (AvgIpc) is 3.13. The van der Waals surface area contributed by atoms with Crippen molar-refractivity contribution in [3.05, 3.63) is 65.5 Å². The van der Waals surface area contributed by atoms with Crippen LogP contribution in [0.1, 0.15) is 24.0 Å². The lowest BCUT2D eigenvalue weighted by molar-refractivity contribution is -0.901. The van der Waals surface area contributed by atoms with E-state index in [9.17, 15) is 9.18 Å². The molecular weight excluding hydrogens is 319 g/mol. The predicted octanol–water partition coefficient (Wildman–Crippen LogP) is 1.70. The molecule has 0 aliphatic carbocycles. The summed E-state index contributed by atoms with van der Waals surface area (Å²) in [6.45, 7) is 3.84. The Kier molecular flexibility index (Phi) is 6.01. The molecule has 4 nitrogen and oxygen atoms in total. The van der Waals surface area contributed by atoms with Crippen LogP contribution in [-0.4, -0.2) is 25.6 Å². The van der Waals surface area contributed by atoms with Gasteiger partial charge in [-0.2, -0.15) is 0 Å². The van der Waals surface area contributed by atoms with Crippen molar-refractivity contribution in [2.75, 3.05) is 19.7 Å². The van der Waals surface area contributed by atoms with E-state index in [2.05, 4.69) is 17.4 Å². The predicted molar refractivity (Wildman–Crippen MR) is 93.8 cm³/mol. The van der Waals surface area contributed by atoms with Gasteiger partial charge in [0.2, 0.25) is 0 Å². The first-order chi connectivity index (χ1) is 12.2. The molecule has 1 aliphatic heterocycles. The van der Waals surface area contributed by atoms with E-state index < -0.39 is 5.82 Å². The van der Waals surface area contributed by atoms with Gasteiger partial charge >= 0.3 is 0 Å². The molecule has 25 heavy (non-hydrogen) atoms. The van der Waals surface area contributed by atoms with E-state index in [-0.39, 0.29) is 18.3 Å². The van der Waals surface area contributed by atoms with Crippen molar-refractivity contribution in [2.45, 2.75) is 25.9 Å². The fourth-order valence-electron chi connectivity index (χ4n) is 3.07. The van der Waals surface area contributed by atoms with Crippen LogP contribution in [0.25, 0.3) is 0 Å². The molecule has 0 unspecified atom stereocenters. The first kappa shape index (κ1) is 17.4. The maximum Gasteiger partial charge on any atom is 0.258 e. The summed E-state index contributed by atoms with van der Waals surface area (Å²) < 4.78 is 18.6. The molecule has 1 saturated heterocycles. The number of quaternary nitrogens is 1. The highest BCUT2D eigenvalue weighted by atomic mass is 19.1. The smallest absolute Gasteiger partial charge is 0.258 e. The fraction of sp³-hybridized carbons (Fsp3) is 0.350. The Labute approximate surface area is 147 Å². The topological polar surface area (TPSA) is 42.8 Å². The van der Waals surface area contributed by atoms with Gasteiger partial charge in [-0.3, -0.25) is 4.79 Å². The maximum absolute atomic E-state index is 13.4. The van der Waals surface area contributed by atoms with Crippen LogP contribution < -0.4 is 15.0 Å². The molecule has 0 atom stereocenters. The monoisotopic (exact) mass is 343 g/mol. The zero-order valence-corrected chi connectivity index (χ0v) is 14.3. The molecule has 1 amide bonds. The molecule has 0 saturated carbocycles. The van der Waals surface area contributed by atoms with Gasteiger partial charge in [-0.1, -0.05) is 36.4 Å². The third-order valence-corrected chi connectivity index (χ3v) is 4.47. The van der Waals surface area contributed by atoms with Gasteiger partial charge in [0, 0.05) is 24.9 Å². The summed E-state index contributed by atoms with van der Waals surface area (Å²) >= 11 is 0. The summed E-state index contributed by atoms with van der Waals surface area (Å²) in [5, 5.41) is 2.79. The van der Waals surface area contributed by atoms with Gasteiger partial charge in [0.05, 0.1) is 13.1 Å². The Bertz CT molecular complexity index is 697. The molecule has 5 heteroatoms. The number of nitrogens with one attached hydrogen (secondary N) is 2. The van der Waals surface area contributed by atoms with Gasteiger partial charge in [0.25, 0.3) is 5.91 Å². The summed E-state index contributed by atoms with van der Waals surface area (Å²) in [6.07, 6.45) is 2.66. The van der Waals surface area contributed by atoms with Crippen LogP contribution in [0.4, 0.5) is 4.39 Å². The minimum atomic E-state index is -0.467. The van der Waals surface area contributed by atoms with E-state index in [1.807, 2.05) is 12.1 Å². The summed E-state index contributed by atoms with van der Waals surface area (Å²) in [7, 11) is 0. The number of para-hydroxylation sites is 1. The van der Waals surface area contributed by atoms with E-state index in [0.29, 0.717) is 6.54 Å². The zero-order valence-electron chi connectivity index (χ0n) is 14.3. The van der Waals surface area contributed by atoms with E-state index in [0.717, 1.165) is 12.1 Å². The quantitative estimate of drug-likeness (QED) is 0.804. The number of carbonyl (C=O) groups excluding carboxylic acids is 1. The highest BCUT2D eigenvalue weighted by Gasteiger charge is 2.15. The minimum Gasteiger partial charge on any atom is -0.481 e. The molecule has 3 rings (SSSR count). The summed E-state index contributed by atoms with van der Waals surface area (Å²) in [4.78, 5) is 13.5. The fourth-order valence-corrected chi connectivity index (χ4v) is 3.07. The number of rotatable bonds is 7. The van der Waals surface area contributed by atoms with Gasteiger partial charge in [-0.15, -0.1) is 0 Å². The van der Waals surface area contributed by atoms with Gasteiger partial charge in [-0.25, -0.2) is 4.39 Å². The van der Waals surface area contributed by atoms with Crippen molar-refractivity contribution in [1.82, 2.24) is 5.32 Å². The van der Waals surface area contributed by atoms with Crippen LogP contribution in [0, 0.1) is 5.82 Å². The van der Waals surface area contributed by atoms with E-state index in [1.54, 1.807) is 17.0 Å². The summed E-state index contributed by atoms with van der Waals surface area (Å²) in [5.74, 6) is -0.647. The largest absolute Gasteiger partial charge is 0.481 e. The molecule has 1 aliphatic rings. The molecule has 2 N–H and O–H groups in total. The first-order valence-corrected chi connectivity index (χ1v) is 8.76. The minimum absolute atomic E-state index is 0.0893. The first-order valence-electron chi connectivity index (χ1n) is 8.76. The van der Waals surface area contributed by atoms with Crippen LogP contribution in [0.15, 0.2) is 48.5 Å². The number of benzene rings is 2. The molecule has 132 valence electrons. The maximum atomic E-state index is 13.4. The number of ether oxygens (including phenoxy) is 1. The summed E-state index contributed by atoms with van der Waals surface area (Å²) in [5.41, 5.74) is 2.37. The van der Waals surface area contributed by atoms with Gasteiger partial charge < -0.3 is 15.0 Å². The van der Waals surface area contributed by atoms with E-state index in [1.165, 1.54) is 43.6 Å². The highest BCUT2D eigenvalue weighted by molar-refractivity contribution is 5.77.